The monoisotopic (exact) mass is 330 g/mol. The lowest BCUT2D eigenvalue weighted by atomic mass is 10.1. The number of hydrogen-bond acceptors (Lipinski definition) is 5. The summed E-state index contributed by atoms with van der Waals surface area (Å²) in [4.78, 5) is 11.1. The SMILES string of the molecule is NC(=O)c1cc(OCCCNCC(O)c2ccccc2)ccc1O. The molecule has 0 aromatic heterocycles. The van der Waals surface area contributed by atoms with Crippen LogP contribution in [0.4, 0.5) is 0 Å². The van der Waals surface area contributed by atoms with Crippen molar-refractivity contribution < 1.29 is 19.7 Å². The topological polar surface area (TPSA) is 105 Å². The van der Waals surface area contributed by atoms with Crippen LogP contribution in [-0.2, 0) is 0 Å². The molecular formula is C18H22N2O4. The van der Waals surface area contributed by atoms with E-state index in [0.29, 0.717) is 25.4 Å². The first kappa shape index (κ1) is 17.8. The molecule has 24 heavy (non-hydrogen) atoms. The third-order valence-corrected chi connectivity index (χ3v) is 3.52. The zero-order valence-corrected chi connectivity index (χ0v) is 13.3. The summed E-state index contributed by atoms with van der Waals surface area (Å²) in [6, 6.07) is 13.8. The number of aromatic hydroxyl groups is 1. The van der Waals surface area contributed by atoms with E-state index in [-0.39, 0.29) is 11.3 Å². The third kappa shape index (κ3) is 5.26. The molecule has 2 aromatic rings. The van der Waals surface area contributed by atoms with Gasteiger partial charge in [0, 0.05) is 6.54 Å². The number of nitrogens with two attached hydrogens (primary N) is 1. The standard InChI is InChI=1S/C18H22N2O4/c19-18(23)15-11-14(7-8-16(15)21)24-10-4-9-20-12-17(22)13-5-2-1-3-6-13/h1-3,5-8,11,17,20-22H,4,9-10,12H2,(H2,19,23). The average Bonchev–Trinajstić information content (AvgIpc) is 2.59. The van der Waals surface area contributed by atoms with Crippen LogP contribution in [0.1, 0.15) is 28.4 Å². The highest BCUT2D eigenvalue weighted by Gasteiger charge is 2.09. The van der Waals surface area contributed by atoms with Gasteiger partial charge in [-0.3, -0.25) is 4.79 Å². The molecule has 1 amide bonds. The Hall–Kier alpha value is -2.57. The maximum absolute atomic E-state index is 11.1. The lowest BCUT2D eigenvalue weighted by molar-refractivity contribution is 0.0997. The number of hydrogen-bond donors (Lipinski definition) is 4. The fraction of sp³-hybridized carbons (Fsp3) is 0.278. The van der Waals surface area contributed by atoms with Gasteiger partial charge in [0.05, 0.1) is 18.3 Å². The summed E-state index contributed by atoms with van der Waals surface area (Å²) < 4.78 is 5.52. The van der Waals surface area contributed by atoms with Crippen LogP contribution in [0, 0.1) is 0 Å². The Labute approximate surface area is 140 Å². The summed E-state index contributed by atoms with van der Waals surface area (Å²) in [5.74, 6) is -0.383. The molecule has 0 radical (unpaired) electrons. The number of rotatable bonds is 9. The van der Waals surface area contributed by atoms with Crippen LogP contribution in [0.25, 0.3) is 0 Å². The first-order valence-electron chi connectivity index (χ1n) is 7.77. The number of benzene rings is 2. The maximum Gasteiger partial charge on any atom is 0.252 e. The van der Waals surface area contributed by atoms with Crippen LogP contribution in [0.5, 0.6) is 11.5 Å². The predicted molar refractivity (Wildman–Crippen MR) is 91.0 cm³/mol. The number of nitrogens with one attached hydrogen (secondary N) is 1. The van der Waals surface area contributed by atoms with Crippen molar-refractivity contribution in [3.05, 3.63) is 59.7 Å². The molecule has 128 valence electrons. The molecule has 5 N–H and O–H groups in total. The molecular weight excluding hydrogens is 308 g/mol. The van der Waals surface area contributed by atoms with Gasteiger partial charge in [0.25, 0.3) is 5.91 Å². The van der Waals surface area contributed by atoms with Crippen molar-refractivity contribution in [3.8, 4) is 11.5 Å². The number of phenols is 1. The minimum absolute atomic E-state index is 0.0385. The van der Waals surface area contributed by atoms with E-state index in [4.69, 9.17) is 10.5 Å². The number of ether oxygens (including phenoxy) is 1. The Morgan fingerprint density at radius 1 is 1.21 bits per heavy atom. The van der Waals surface area contributed by atoms with Crippen LogP contribution < -0.4 is 15.8 Å². The molecule has 2 rings (SSSR count). The number of aliphatic hydroxyl groups excluding tert-OH is 1. The lowest BCUT2D eigenvalue weighted by Gasteiger charge is -2.12. The molecule has 6 heteroatoms. The van der Waals surface area contributed by atoms with E-state index in [0.717, 1.165) is 12.0 Å². The Kier molecular flexibility index (Phi) is 6.60. The second kappa shape index (κ2) is 8.90. The van der Waals surface area contributed by atoms with Gasteiger partial charge in [-0.1, -0.05) is 30.3 Å². The summed E-state index contributed by atoms with van der Waals surface area (Å²) in [5.41, 5.74) is 6.08. The fourth-order valence-corrected chi connectivity index (χ4v) is 2.22. The first-order chi connectivity index (χ1) is 11.6. The molecule has 0 heterocycles. The number of amides is 1. The van der Waals surface area contributed by atoms with E-state index in [1.165, 1.54) is 12.1 Å². The molecule has 1 unspecified atom stereocenters. The zero-order valence-electron chi connectivity index (χ0n) is 13.3. The normalized spacial score (nSPS) is 11.9. The highest BCUT2D eigenvalue weighted by Crippen LogP contribution is 2.22. The molecule has 0 aliphatic rings. The van der Waals surface area contributed by atoms with Crippen molar-refractivity contribution in [3.63, 3.8) is 0 Å². The zero-order chi connectivity index (χ0) is 17.4. The van der Waals surface area contributed by atoms with E-state index in [1.807, 2.05) is 30.3 Å². The van der Waals surface area contributed by atoms with Gasteiger partial charge in [0.1, 0.15) is 11.5 Å². The minimum Gasteiger partial charge on any atom is -0.507 e. The number of primary amides is 1. The third-order valence-electron chi connectivity index (χ3n) is 3.52. The van der Waals surface area contributed by atoms with E-state index in [1.54, 1.807) is 6.07 Å². The van der Waals surface area contributed by atoms with Crippen molar-refractivity contribution in [2.45, 2.75) is 12.5 Å². The van der Waals surface area contributed by atoms with Gasteiger partial charge in [0.15, 0.2) is 0 Å². The van der Waals surface area contributed by atoms with Crippen LogP contribution in [-0.4, -0.2) is 35.8 Å². The Morgan fingerprint density at radius 3 is 2.67 bits per heavy atom. The van der Waals surface area contributed by atoms with Crippen molar-refractivity contribution in [1.29, 1.82) is 0 Å². The second-order valence-corrected chi connectivity index (χ2v) is 5.38. The molecule has 0 saturated carbocycles. The number of aliphatic hydroxyl groups is 1. The second-order valence-electron chi connectivity index (χ2n) is 5.38. The Morgan fingerprint density at radius 2 is 1.96 bits per heavy atom. The van der Waals surface area contributed by atoms with Crippen LogP contribution in [0.2, 0.25) is 0 Å². The van der Waals surface area contributed by atoms with Crippen molar-refractivity contribution in [2.75, 3.05) is 19.7 Å². The highest BCUT2D eigenvalue weighted by atomic mass is 16.5. The quantitative estimate of drug-likeness (QED) is 0.523. The Balaban J connectivity index is 1.67. The molecule has 1 atom stereocenters. The average molecular weight is 330 g/mol. The summed E-state index contributed by atoms with van der Waals surface area (Å²) >= 11 is 0. The molecule has 6 nitrogen and oxygen atoms in total. The van der Waals surface area contributed by atoms with E-state index in [2.05, 4.69) is 5.32 Å². The van der Waals surface area contributed by atoms with E-state index in [9.17, 15) is 15.0 Å². The smallest absolute Gasteiger partial charge is 0.252 e. The Bertz CT molecular complexity index is 661. The highest BCUT2D eigenvalue weighted by molar-refractivity contribution is 5.95. The van der Waals surface area contributed by atoms with Gasteiger partial charge < -0.3 is 26.0 Å². The van der Waals surface area contributed by atoms with Gasteiger partial charge in [-0.25, -0.2) is 0 Å². The van der Waals surface area contributed by atoms with Gasteiger partial charge in [-0.2, -0.15) is 0 Å². The first-order valence-corrected chi connectivity index (χ1v) is 7.77. The molecule has 0 spiro atoms. The van der Waals surface area contributed by atoms with E-state index < -0.39 is 12.0 Å². The molecule has 2 aromatic carbocycles. The van der Waals surface area contributed by atoms with Crippen LogP contribution in [0.15, 0.2) is 48.5 Å². The van der Waals surface area contributed by atoms with Crippen molar-refractivity contribution in [2.24, 2.45) is 5.73 Å². The molecule has 0 saturated heterocycles. The van der Waals surface area contributed by atoms with Crippen LogP contribution >= 0.6 is 0 Å². The molecule has 0 fully saturated rings. The van der Waals surface area contributed by atoms with E-state index >= 15 is 0 Å². The fourth-order valence-electron chi connectivity index (χ4n) is 2.22. The maximum atomic E-state index is 11.1. The molecule has 0 aliphatic heterocycles. The summed E-state index contributed by atoms with van der Waals surface area (Å²) in [6.45, 7) is 1.59. The largest absolute Gasteiger partial charge is 0.507 e. The minimum atomic E-state index is -0.700. The lowest BCUT2D eigenvalue weighted by Crippen LogP contribution is -2.23. The summed E-state index contributed by atoms with van der Waals surface area (Å²) in [5, 5.41) is 22.7. The molecule has 0 bridgehead atoms. The summed E-state index contributed by atoms with van der Waals surface area (Å²) in [6.07, 6.45) is 0.191. The predicted octanol–water partition coefficient (Wildman–Crippen LogP) is 1.58. The molecule has 0 aliphatic carbocycles. The van der Waals surface area contributed by atoms with Gasteiger partial charge in [-0.15, -0.1) is 0 Å². The van der Waals surface area contributed by atoms with Crippen LogP contribution in [0.3, 0.4) is 0 Å². The van der Waals surface area contributed by atoms with Gasteiger partial charge in [-0.05, 0) is 36.7 Å². The van der Waals surface area contributed by atoms with Gasteiger partial charge in [0.2, 0.25) is 0 Å². The number of carbonyl (C=O) groups excluding carboxylic acids is 1. The number of carbonyl (C=O) groups is 1. The van der Waals surface area contributed by atoms with Crippen molar-refractivity contribution >= 4 is 5.91 Å². The van der Waals surface area contributed by atoms with Crippen molar-refractivity contribution in [1.82, 2.24) is 5.32 Å². The summed E-state index contributed by atoms with van der Waals surface area (Å²) in [7, 11) is 0. The van der Waals surface area contributed by atoms with Gasteiger partial charge >= 0.3 is 0 Å².